The molecule has 88 valence electrons. The maximum atomic E-state index is 5.31. The minimum Gasteiger partial charge on any atom is -0.272 e. The molecule has 3 nitrogen and oxygen atoms in total. The first-order chi connectivity index (χ1) is 8.34. The number of nitrogens with zero attached hydrogens (tertiary/aromatic N) is 2. The summed E-state index contributed by atoms with van der Waals surface area (Å²) in [5.41, 5.74) is 1.10. The summed E-state index contributed by atoms with van der Waals surface area (Å²) in [4.78, 5) is 0. The average Bonchev–Trinajstić information content (AvgIpc) is 2.66. The maximum Gasteiger partial charge on any atom is 0.199 e. The Hall–Kier alpha value is -1.42. The van der Waals surface area contributed by atoms with Crippen LogP contribution in [0, 0.1) is 10.7 Å². The molecular weight excluding hydrogens is 230 g/mol. The van der Waals surface area contributed by atoms with Gasteiger partial charge >= 0.3 is 0 Å². The molecule has 0 spiro atoms. The van der Waals surface area contributed by atoms with Crippen LogP contribution >= 0.6 is 12.2 Å². The fourth-order valence-corrected chi connectivity index (χ4v) is 2.52. The number of benzene rings is 1. The normalized spacial score (nSPS) is 15.8. The van der Waals surface area contributed by atoms with Gasteiger partial charge in [-0.05, 0) is 30.3 Å². The molecule has 0 bridgehead atoms. The zero-order valence-electron chi connectivity index (χ0n) is 9.60. The number of H-pyrrole nitrogens is 1. The summed E-state index contributed by atoms with van der Waals surface area (Å²) < 4.78 is 2.73. The van der Waals surface area contributed by atoms with Crippen LogP contribution in [0.4, 0.5) is 0 Å². The van der Waals surface area contributed by atoms with E-state index < -0.39 is 0 Å². The molecule has 1 aliphatic carbocycles. The molecule has 1 saturated carbocycles. The van der Waals surface area contributed by atoms with E-state index in [4.69, 9.17) is 12.2 Å². The topological polar surface area (TPSA) is 33.6 Å². The lowest BCUT2D eigenvalue weighted by molar-refractivity contribution is 0.308. The summed E-state index contributed by atoms with van der Waals surface area (Å²) in [6.45, 7) is 0. The highest BCUT2D eigenvalue weighted by atomic mass is 32.1. The van der Waals surface area contributed by atoms with Gasteiger partial charge in [-0.3, -0.25) is 9.67 Å². The largest absolute Gasteiger partial charge is 0.272 e. The van der Waals surface area contributed by atoms with Crippen LogP contribution in [-0.2, 0) is 6.42 Å². The molecule has 2 aromatic rings. The Morgan fingerprint density at radius 3 is 2.71 bits per heavy atom. The summed E-state index contributed by atoms with van der Waals surface area (Å²) >= 11 is 5.31. The average molecular weight is 245 g/mol. The van der Waals surface area contributed by atoms with Crippen LogP contribution in [0.25, 0.3) is 5.69 Å². The molecule has 1 aromatic heterocycles. The number of rotatable bonds is 3. The van der Waals surface area contributed by atoms with Crippen molar-refractivity contribution in [2.45, 2.75) is 25.7 Å². The number of nitrogens with one attached hydrogen (secondary N) is 1. The van der Waals surface area contributed by atoms with E-state index in [0.29, 0.717) is 4.77 Å². The molecule has 1 heterocycles. The van der Waals surface area contributed by atoms with E-state index in [1.165, 1.54) is 19.3 Å². The standard InChI is InChI=1S/C13H15N3S/c17-13-15-14-12(9-10-5-4-6-10)16(13)11-7-2-1-3-8-11/h1-3,7-8,10H,4-6,9H2,(H,15,17). The minimum absolute atomic E-state index is 0.686. The van der Waals surface area contributed by atoms with E-state index in [1.54, 1.807) is 0 Å². The predicted octanol–water partition coefficient (Wildman–Crippen LogP) is 3.27. The molecule has 17 heavy (non-hydrogen) atoms. The first-order valence-electron chi connectivity index (χ1n) is 6.06. The molecule has 0 atom stereocenters. The van der Waals surface area contributed by atoms with Crippen molar-refractivity contribution in [3.63, 3.8) is 0 Å². The van der Waals surface area contributed by atoms with Gasteiger partial charge in [-0.1, -0.05) is 37.5 Å². The zero-order chi connectivity index (χ0) is 11.7. The zero-order valence-corrected chi connectivity index (χ0v) is 10.4. The Balaban J connectivity index is 1.97. The van der Waals surface area contributed by atoms with Crippen molar-refractivity contribution in [2.75, 3.05) is 0 Å². The van der Waals surface area contributed by atoms with Gasteiger partial charge in [-0.25, -0.2) is 0 Å². The van der Waals surface area contributed by atoms with Crippen molar-refractivity contribution < 1.29 is 0 Å². The van der Waals surface area contributed by atoms with Crippen LogP contribution in [0.3, 0.4) is 0 Å². The molecule has 3 rings (SSSR count). The highest BCUT2D eigenvalue weighted by Gasteiger charge is 2.21. The summed E-state index contributed by atoms with van der Waals surface area (Å²) in [6, 6.07) is 10.2. The predicted molar refractivity (Wildman–Crippen MR) is 69.8 cm³/mol. The van der Waals surface area contributed by atoms with Gasteiger partial charge in [-0.2, -0.15) is 5.10 Å². The van der Waals surface area contributed by atoms with Gasteiger partial charge < -0.3 is 0 Å². The Morgan fingerprint density at radius 2 is 2.06 bits per heavy atom. The second-order valence-corrected chi connectivity index (χ2v) is 5.00. The Morgan fingerprint density at radius 1 is 1.29 bits per heavy atom. The van der Waals surface area contributed by atoms with E-state index in [-0.39, 0.29) is 0 Å². The molecule has 0 aliphatic heterocycles. The van der Waals surface area contributed by atoms with Gasteiger partial charge in [-0.15, -0.1) is 0 Å². The molecule has 1 fully saturated rings. The lowest BCUT2D eigenvalue weighted by Gasteiger charge is -2.24. The SMILES string of the molecule is S=c1[nH]nc(CC2CCC2)n1-c1ccccc1. The van der Waals surface area contributed by atoms with Gasteiger partial charge in [0.2, 0.25) is 0 Å². The molecule has 1 aliphatic rings. The summed E-state index contributed by atoms with van der Waals surface area (Å²) in [7, 11) is 0. The third kappa shape index (κ3) is 2.05. The fourth-order valence-electron chi connectivity index (χ4n) is 2.26. The second-order valence-electron chi connectivity index (χ2n) is 4.62. The summed E-state index contributed by atoms with van der Waals surface area (Å²) in [5.74, 6) is 1.86. The fraction of sp³-hybridized carbons (Fsp3) is 0.385. The third-order valence-electron chi connectivity index (χ3n) is 3.45. The second kappa shape index (κ2) is 4.45. The van der Waals surface area contributed by atoms with E-state index >= 15 is 0 Å². The van der Waals surface area contributed by atoms with Crippen molar-refractivity contribution in [3.05, 3.63) is 40.9 Å². The highest BCUT2D eigenvalue weighted by Crippen LogP contribution is 2.29. The first-order valence-corrected chi connectivity index (χ1v) is 6.47. The lowest BCUT2D eigenvalue weighted by Crippen LogP contribution is -2.16. The van der Waals surface area contributed by atoms with Gasteiger partial charge in [0, 0.05) is 12.1 Å². The monoisotopic (exact) mass is 245 g/mol. The van der Waals surface area contributed by atoms with Crippen LogP contribution in [0.15, 0.2) is 30.3 Å². The van der Waals surface area contributed by atoms with Crippen molar-refractivity contribution in [1.82, 2.24) is 14.8 Å². The molecule has 0 unspecified atom stereocenters. The molecule has 0 amide bonds. The number of aromatic amines is 1. The molecule has 1 aromatic carbocycles. The van der Waals surface area contributed by atoms with Gasteiger partial charge in [0.1, 0.15) is 5.82 Å². The molecular formula is C13H15N3S. The number of hydrogen-bond acceptors (Lipinski definition) is 2. The van der Waals surface area contributed by atoms with Gasteiger partial charge in [0.25, 0.3) is 0 Å². The molecule has 0 saturated heterocycles. The Labute approximate surface area is 105 Å². The van der Waals surface area contributed by atoms with Crippen molar-refractivity contribution >= 4 is 12.2 Å². The van der Waals surface area contributed by atoms with Crippen LogP contribution in [0.1, 0.15) is 25.1 Å². The Kier molecular flexibility index (Phi) is 2.81. The number of hydrogen-bond donors (Lipinski definition) is 1. The highest BCUT2D eigenvalue weighted by molar-refractivity contribution is 7.71. The summed E-state index contributed by atoms with van der Waals surface area (Å²) in [5, 5.41) is 7.26. The minimum atomic E-state index is 0.686. The van der Waals surface area contributed by atoms with E-state index in [9.17, 15) is 0 Å². The lowest BCUT2D eigenvalue weighted by atomic mass is 9.83. The smallest absolute Gasteiger partial charge is 0.199 e. The number of aromatic nitrogens is 3. The number of para-hydroxylation sites is 1. The van der Waals surface area contributed by atoms with Gasteiger partial charge in [0.05, 0.1) is 0 Å². The van der Waals surface area contributed by atoms with E-state index in [1.807, 2.05) is 22.8 Å². The van der Waals surface area contributed by atoms with E-state index in [0.717, 1.165) is 23.9 Å². The molecule has 1 N–H and O–H groups in total. The van der Waals surface area contributed by atoms with Crippen molar-refractivity contribution in [1.29, 1.82) is 0 Å². The third-order valence-corrected chi connectivity index (χ3v) is 3.73. The van der Waals surface area contributed by atoms with Crippen LogP contribution in [0.5, 0.6) is 0 Å². The maximum absolute atomic E-state index is 5.31. The first kappa shape index (κ1) is 10.7. The van der Waals surface area contributed by atoms with E-state index in [2.05, 4.69) is 22.3 Å². The van der Waals surface area contributed by atoms with Gasteiger partial charge in [0.15, 0.2) is 4.77 Å². The summed E-state index contributed by atoms with van der Waals surface area (Å²) in [6.07, 6.45) is 5.05. The van der Waals surface area contributed by atoms with Crippen molar-refractivity contribution in [3.8, 4) is 5.69 Å². The van der Waals surface area contributed by atoms with Crippen LogP contribution in [0.2, 0.25) is 0 Å². The van der Waals surface area contributed by atoms with Crippen LogP contribution < -0.4 is 0 Å². The quantitative estimate of drug-likeness (QED) is 0.842. The molecule has 0 radical (unpaired) electrons. The Bertz CT molecular complexity index is 552. The van der Waals surface area contributed by atoms with Crippen molar-refractivity contribution in [2.24, 2.45) is 5.92 Å². The van der Waals surface area contributed by atoms with Crippen LogP contribution in [-0.4, -0.2) is 14.8 Å². The molecule has 4 heteroatoms.